The van der Waals surface area contributed by atoms with Crippen LogP contribution in [0.3, 0.4) is 0 Å². The highest BCUT2D eigenvalue weighted by Crippen LogP contribution is 1.45. The van der Waals surface area contributed by atoms with Crippen LogP contribution >= 0.6 is 0 Å². The first kappa shape index (κ1) is 7.05. The molecule has 4 heteroatoms. The van der Waals surface area contributed by atoms with Gasteiger partial charge in [-0.2, -0.15) is 0 Å². The van der Waals surface area contributed by atoms with Gasteiger partial charge in [0.25, 0.3) is 7.55 Å². The molecule has 40 valence electrons. The van der Waals surface area contributed by atoms with Crippen LogP contribution in [0.5, 0.6) is 0 Å². The molecule has 0 radical (unpaired) electrons. The third-order valence-electron chi connectivity index (χ3n) is 0.750. The monoisotopic (exact) mass is 98.1 g/mol. The van der Waals surface area contributed by atoms with Crippen molar-refractivity contribution in [2.45, 2.75) is 13.7 Å². The summed E-state index contributed by atoms with van der Waals surface area (Å²) < 4.78 is 0. The second-order valence-electron chi connectivity index (χ2n) is 1.38. The Morgan fingerprint density at radius 3 is 2.71 bits per heavy atom. The van der Waals surface area contributed by atoms with E-state index in [0.717, 1.165) is 21.5 Å². The molecule has 0 aliphatic heterocycles. The Morgan fingerprint density at radius 1 is 1.57 bits per heavy atom. The SMILES string of the molecule is CBNBNCC. The van der Waals surface area contributed by atoms with Crippen LogP contribution in [0, 0.1) is 0 Å². The first-order valence-corrected chi connectivity index (χ1v) is 2.83. The summed E-state index contributed by atoms with van der Waals surface area (Å²) in [6.45, 7) is 5.24. The van der Waals surface area contributed by atoms with E-state index in [0.29, 0.717) is 0 Å². The first-order chi connectivity index (χ1) is 3.41. The van der Waals surface area contributed by atoms with E-state index in [1.165, 1.54) is 0 Å². The van der Waals surface area contributed by atoms with E-state index in [1.807, 2.05) is 0 Å². The fourth-order valence-corrected chi connectivity index (χ4v) is 0.338. The molecule has 0 rings (SSSR count). The summed E-state index contributed by atoms with van der Waals surface area (Å²) in [6, 6.07) is 0. The van der Waals surface area contributed by atoms with Gasteiger partial charge in [-0.25, -0.2) is 0 Å². The van der Waals surface area contributed by atoms with E-state index in [4.69, 9.17) is 0 Å². The summed E-state index contributed by atoms with van der Waals surface area (Å²) >= 11 is 0. The number of nitrogens with one attached hydrogen (secondary N) is 2. The Bertz CT molecular complexity index is 30.1. The van der Waals surface area contributed by atoms with Crippen molar-refractivity contribution in [3.05, 3.63) is 0 Å². The second kappa shape index (κ2) is 6.05. The normalized spacial score (nSPS) is 8.29. The number of rotatable bonds is 4. The summed E-state index contributed by atoms with van der Waals surface area (Å²) in [5, 5.41) is 6.28. The molecule has 0 saturated carbocycles. The van der Waals surface area contributed by atoms with E-state index in [9.17, 15) is 0 Å². The average molecular weight is 97.8 g/mol. The fourth-order valence-electron chi connectivity index (χ4n) is 0.338. The van der Waals surface area contributed by atoms with Crippen molar-refractivity contribution < 1.29 is 0 Å². The van der Waals surface area contributed by atoms with Crippen molar-refractivity contribution in [3.63, 3.8) is 0 Å². The molecule has 0 heterocycles. The summed E-state index contributed by atoms with van der Waals surface area (Å²) in [4.78, 5) is 0. The van der Waals surface area contributed by atoms with Gasteiger partial charge in [0.05, 0.1) is 0 Å². The fraction of sp³-hybridized carbons (Fsp3) is 1.00. The largest absolute Gasteiger partial charge is 0.390 e. The summed E-state index contributed by atoms with van der Waals surface area (Å²) in [6.07, 6.45) is 0. The van der Waals surface area contributed by atoms with E-state index in [2.05, 4.69) is 24.1 Å². The molecule has 0 aromatic heterocycles. The van der Waals surface area contributed by atoms with Crippen LogP contribution in [-0.2, 0) is 0 Å². The maximum absolute atomic E-state index is 3.14. The van der Waals surface area contributed by atoms with Crippen molar-refractivity contribution in [1.82, 2.24) is 10.4 Å². The van der Waals surface area contributed by atoms with E-state index < -0.39 is 0 Å². The Kier molecular flexibility index (Phi) is 6.09. The van der Waals surface area contributed by atoms with Crippen LogP contribution in [0.1, 0.15) is 6.92 Å². The molecule has 0 unspecified atom stereocenters. The molecule has 2 N–H and O–H groups in total. The van der Waals surface area contributed by atoms with E-state index in [-0.39, 0.29) is 0 Å². The van der Waals surface area contributed by atoms with E-state index in [1.54, 1.807) is 0 Å². The van der Waals surface area contributed by atoms with Crippen LogP contribution in [0.15, 0.2) is 0 Å². The van der Waals surface area contributed by atoms with Crippen molar-refractivity contribution in [3.8, 4) is 0 Å². The lowest BCUT2D eigenvalue weighted by Crippen LogP contribution is -2.34. The topological polar surface area (TPSA) is 24.1 Å². The van der Waals surface area contributed by atoms with Gasteiger partial charge in [-0.3, -0.25) is 0 Å². The third kappa shape index (κ3) is 6.05. The quantitative estimate of drug-likeness (QED) is 0.342. The Hall–Kier alpha value is 0.0499. The highest BCUT2D eigenvalue weighted by atomic mass is 14.9. The Morgan fingerprint density at radius 2 is 2.29 bits per heavy atom. The molecular formula is C3H12B2N2. The van der Waals surface area contributed by atoms with Gasteiger partial charge in [0.2, 0.25) is 0 Å². The lowest BCUT2D eigenvalue weighted by molar-refractivity contribution is 0.993. The zero-order valence-corrected chi connectivity index (χ0v) is 5.12. The third-order valence-corrected chi connectivity index (χ3v) is 0.750. The molecule has 7 heavy (non-hydrogen) atoms. The second-order valence-corrected chi connectivity index (χ2v) is 1.38. The predicted molar refractivity (Wildman–Crippen MR) is 37.0 cm³/mol. The average Bonchev–Trinajstić information content (AvgIpc) is 1.69. The van der Waals surface area contributed by atoms with Gasteiger partial charge in [0.1, 0.15) is 0 Å². The maximum atomic E-state index is 3.14. The summed E-state index contributed by atoms with van der Waals surface area (Å²) in [7, 11) is 1.99. The number of hydrogen-bond acceptors (Lipinski definition) is 2. The molecule has 0 aliphatic rings. The molecule has 0 atom stereocenters. The molecule has 0 aromatic rings. The minimum absolute atomic E-state index is 0.938. The van der Waals surface area contributed by atoms with Crippen LogP contribution in [0.2, 0.25) is 6.82 Å². The van der Waals surface area contributed by atoms with Gasteiger partial charge in [0, 0.05) is 0 Å². The molecule has 0 amide bonds. The molecule has 0 aliphatic carbocycles. The minimum Gasteiger partial charge on any atom is -0.390 e. The van der Waals surface area contributed by atoms with Gasteiger partial charge in [0.15, 0.2) is 7.41 Å². The highest BCUT2D eigenvalue weighted by Gasteiger charge is 1.80. The van der Waals surface area contributed by atoms with Gasteiger partial charge in [-0.05, 0) is 6.54 Å². The minimum atomic E-state index is 0.938. The Labute approximate surface area is 46.6 Å². The predicted octanol–water partition coefficient (Wildman–Crippen LogP) is -1.15. The van der Waals surface area contributed by atoms with Crippen LogP contribution in [-0.4, -0.2) is 21.5 Å². The molecule has 0 spiro atoms. The van der Waals surface area contributed by atoms with Gasteiger partial charge in [-0.1, -0.05) is 13.7 Å². The molecular weight excluding hydrogens is 85.7 g/mol. The van der Waals surface area contributed by atoms with Crippen LogP contribution in [0.4, 0.5) is 0 Å². The van der Waals surface area contributed by atoms with Gasteiger partial charge >= 0.3 is 0 Å². The lowest BCUT2D eigenvalue weighted by Gasteiger charge is -1.94. The molecule has 0 bridgehead atoms. The van der Waals surface area contributed by atoms with Gasteiger partial charge < -0.3 is 10.4 Å². The van der Waals surface area contributed by atoms with Crippen molar-refractivity contribution >= 4 is 15.0 Å². The van der Waals surface area contributed by atoms with Gasteiger partial charge in [-0.15, -0.1) is 0 Å². The molecule has 0 fully saturated rings. The standard InChI is InChI=1S/C3H12B2N2/c1-3-6-5-7-4-2/h4-7H,3H2,1-2H3. The zero-order valence-electron chi connectivity index (χ0n) is 5.12. The molecule has 0 saturated heterocycles. The van der Waals surface area contributed by atoms with Crippen molar-refractivity contribution in [2.24, 2.45) is 0 Å². The Balaban J connectivity index is 2.45. The van der Waals surface area contributed by atoms with Crippen LogP contribution < -0.4 is 10.4 Å². The summed E-state index contributed by atoms with van der Waals surface area (Å²) in [5.74, 6) is 0. The van der Waals surface area contributed by atoms with Crippen molar-refractivity contribution in [2.75, 3.05) is 6.54 Å². The zero-order chi connectivity index (χ0) is 5.54. The number of hydrogen-bond donors (Lipinski definition) is 2. The molecule has 0 aromatic carbocycles. The van der Waals surface area contributed by atoms with Crippen LogP contribution in [0.25, 0.3) is 0 Å². The smallest absolute Gasteiger partial charge is 0.274 e. The lowest BCUT2D eigenvalue weighted by atomic mass is 9.92. The van der Waals surface area contributed by atoms with Crippen molar-refractivity contribution in [1.29, 1.82) is 0 Å². The highest BCUT2D eigenvalue weighted by molar-refractivity contribution is 6.48. The summed E-state index contributed by atoms with van der Waals surface area (Å²) in [5.41, 5.74) is 0. The first-order valence-electron chi connectivity index (χ1n) is 2.83. The molecule has 2 nitrogen and oxygen atoms in total. The van der Waals surface area contributed by atoms with E-state index >= 15 is 0 Å². The maximum Gasteiger partial charge on any atom is 0.274 e.